The van der Waals surface area contributed by atoms with Crippen LogP contribution in [0.2, 0.25) is 5.02 Å². The zero-order valence-corrected chi connectivity index (χ0v) is 13.1. The van der Waals surface area contributed by atoms with Crippen molar-refractivity contribution in [3.63, 3.8) is 0 Å². The molecule has 1 amide bonds. The number of nitrogens with one attached hydrogen (secondary N) is 1. The van der Waals surface area contributed by atoms with Gasteiger partial charge in [0.1, 0.15) is 0 Å². The van der Waals surface area contributed by atoms with Gasteiger partial charge in [-0.2, -0.15) is 0 Å². The molecule has 0 aliphatic heterocycles. The number of halogens is 2. The topological polar surface area (TPSA) is 68.5 Å². The van der Waals surface area contributed by atoms with Crippen LogP contribution in [0.15, 0.2) is 45.5 Å². The molecule has 0 unspecified atom stereocenters. The monoisotopic (exact) mass is 371 g/mol. The molecule has 110 valence electrons. The van der Waals surface area contributed by atoms with Crippen LogP contribution in [-0.4, -0.2) is 18.5 Å². The summed E-state index contributed by atoms with van der Waals surface area (Å²) in [4.78, 5) is 23.2. The highest BCUT2D eigenvalue weighted by Crippen LogP contribution is 2.15. The summed E-state index contributed by atoms with van der Waals surface area (Å²) in [5, 5.41) is 3.18. The van der Waals surface area contributed by atoms with E-state index in [1.165, 1.54) is 6.07 Å². The maximum Gasteiger partial charge on any atom is 0.374 e. The van der Waals surface area contributed by atoms with Crippen molar-refractivity contribution in [3.8, 4) is 0 Å². The van der Waals surface area contributed by atoms with Crippen molar-refractivity contribution >= 4 is 39.4 Å². The standard InChI is InChI=1S/C14H11BrClNO4/c15-12-6-5-11(21-12)14(19)20-8-13(18)17-7-9-3-1-2-4-10(9)16/h1-6H,7-8H2,(H,17,18). The van der Waals surface area contributed by atoms with Crippen LogP contribution in [-0.2, 0) is 16.1 Å². The maximum absolute atomic E-state index is 11.6. The molecule has 1 aromatic carbocycles. The van der Waals surface area contributed by atoms with Gasteiger partial charge >= 0.3 is 5.97 Å². The Morgan fingerprint density at radius 3 is 2.67 bits per heavy atom. The van der Waals surface area contributed by atoms with Crippen LogP contribution >= 0.6 is 27.5 Å². The van der Waals surface area contributed by atoms with E-state index < -0.39 is 11.9 Å². The second-order valence-corrected chi connectivity index (χ2v) is 5.24. The number of amides is 1. The van der Waals surface area contributed by atoms with Crippen molar-refractivity contribution in [2.24, 2.45) is 0 Å². The SMILES string of the molecule is O=C(COC(=O)c1ccc(Br)o1)NCc1ccccc1Cl. The highest BCUT2D eigenvalue weighted by Gasteiger charge is 2.14. The molecule has 0 radical (unpaired) electrons. The third-order valence-electron chi connectivity index (χ3n) is 2.54. The Hall–Kier alpha value is -1.79. The van der Waals surface area contributed by atoms with E-state index in [0.29, 0.717) is 9.69 Å². The summed E-state index contributed by atoms with van der Waals surface area (Å²) in [5.74, 6) is -1.09. The van der Waals surface area contributed by atoms with E-state index in [1.807, 2.05) is 6.07 Å². The molecule has 5 nitrogen and oxygen atoms in total. The number of rotatable bonds is 5. The molecule has 0 atom stereocenters. The highest BCUT2D eigenvalue weighted by atomic mass is 79.9. The molecular weight excluding hydrogens is 362 g/mol. The minimum Gasteiger partial charge on any atom is -0.450 e. The molecule has 0 saturated heterocycles. The molecule has 0 saturated carbocycles. The third kappa shape index (κ3) is 4.61. The van der Waals surface area contributed by atoms with Crippen molar-refractivity contribution in [1.82, 2.24) is 5.32 Å². The normalized spacial score (nSPS) is 10.2. The number of hydrogen-bond donors (Lipinski definition) is 1. The van der Waals surface area contributed by atoms with Crippen molar-refractivity contribution in [2.75, 3.05) is 6.61 Å². The Morgan fingerprint density at radius 2 is 2.00 bits per heavy atom. The van der Waals surface area contributed by atoms with Crippen molar-refractivity contribution < 1.29 is 18.7 Å². The van der Waals surface area contributed by atoms with Gasteiger partial charge in [-0.15, -0.1) is 0 Å². The highest BCUT2D eigenvalue weighted by molar-refractivity contribution is 9.10. The Kier molecular flexibility index (Phi) is 5.41. The first-order chi connectivity index (χ1) is 10.1. The number of benzene rings is 1. The van der Waals surface area contributed by atoms with Gasteiger partial charge in [-0.1, -0.05) is 29.8 Å². The van der Waals surface area contributed by atoms with Gasteiger partial charge in [-0.25, -0.2) is 4.79 Å². The Bertz CT molecular complexity index is 656. The Labute approximate surface area is 134 Å². The minimum atomic E-state index is -0.700. The van der Waals surface area contributed by atoms with E-state index in [9.17, 15) is 9.59 Å². The molecule has 0 bridgehead atoms. The predicted octanol–water partition coefficient (Wildman–Crippen LogP) is 3.17. The summed E-state index contributed by atoms with van der Waals surface area (Å²) in [6, 6.07) is 10.2. The summed E-state index contributed by atoms with van der Waals surface area (Å²) in [7, 11) is 0. The van der Waals surface area contributed by atoms with E-state index in [-0.39, 0.29) is 18.9 Å². The molecular formula is C14H11BrClNO4. The molecule has 2 aromatic rings. The van der Waals surface area contributed by atoms with Crippen molar-refractivity contribution in [3.05, 3.63) is 57.4 Å². The fourth-order valence-corrected chi connectivity index (χ4v) is 2.02. The zero-order valence-electron chi connectivity index (χ0n) is 10.8. The zero-order chi connectivity index (χ0) is 15.2. The number of carbonyl (C=O) groups excluding carboxylic acids is 2. The van der Waals surface area contributed by atoms with Gasteiger partial charge in [0.2, 0.25) is 5.76 Å². The Balaban J connectivity index is 1.78. The van der Waals surface area contributed by atoms with Crippen LogP contribution < -0.4 is 5.32 Å². The van der Waals surface area contributed by atoms with E-state index in [1.54, 1.807) is 24.3 Å². The van der Waals surface area contributed by atoms with Gasteiger partial charge in [0.05, 0.1) is 0 Å². The average Bonchev–Trinajstić information content (AvgIpc) is 2.90. The lowest BCUT2D eigenvalue weighted by atomic mass is 10.2. The lowest BCUT2D eigenvalue weighted by molar-refractivity contribution is -0.124. The molecule has 21 heavy (non-hydrogen) atoms. The van der Waals surface area contributed by atoms with Gasteiger partial charge < -0.3 is 14.5 Å². The number of ether oxygens (including phenoxy) is 1. The number of furan rings is 1. The Morgan fingerprint density at radius 1 is 1.24 bits per heavy atom. The smallest absolute Gasteiger partial charge is 0.374 e. The van der Waals surface area contributed by atoms with E-state index in [0.717, 1.165) is 5.56 Å². The van der Waals surface area contributed by atoms with E-state index in [2.05, 4.69) is 21.2 Å². The van der Waals surface area contributed by atoms with Gasteiger partial charge in [0.15, 0.2) is 11.3 Å². The summed E-state index contributed by atoms with van der Waals surface area (Å²) >= 11 is 9.04. The molecule has 0 aliphatic carbocycles. The first kappa shape index (κ1) is 15.6. The van der Waals surface area contributed by atoms with Crippen molar-refractivity contribution in [1.29, 1.82) is 0 Å². The van der Waals surface area contributed by atoms with Crippen molar-refractivity contribution in [2.45, 2.75) is 6.54 Å². The van der Waals surface area contributed by atoms with Crippen LogP contribution in [0.1, 0.15) is 16.1 Å². The molecule has 1 N–H and O–H groups in total. The minimum absolute atomic E-state index is 0.0285. The number of carbonyl (C=O) groups is 2. The molecule has 0 aliphatic rings. The lowest BCUT2D eigenvalue weighted by Gasteiger charge is -2.07. The number of esters is 1. The quantitative estimate of drug-likeness (QED) is 0.819. The lowest BCUT2D eigenvalue weighted by Crippen LogP contribution is -2.28. The van der Waals surface area contributed by atoms with Crippen LogP contribution in [0.5, 0.6) is 0 Å². The maximum atomic E-state index is 11.6. The van der Waals surface area contributed by atoms with E-state index >= 15 is 0 Å². The second kappa shape index (κ2) is 7.28. The molecule has 1 heterocycles. The van der Waals surface area contributed by atoms with Gasteiger partial charge in [0.25, 0.3) is 5.91 Å². The van der Waals surface area contributed by atoms with Crippen LogP contribution in [0, 0.1) is 0 Å². The fraction of sp³-hybridized carbons (Fsp3) is 0.143. The predicted molar refractivity (Wildman–Crippen MR) is 80.0 cm³/mol. The van der Waals surface area contributed by atoms with Gasteiger partial charge in [0, 0.05) is 11.6 Å². The summed E-state index contributed by atoms with van der Waals surface area (Å²) in [6.45, 7) is -0.121. The molecule has 2 rings (SSSR count). The molecule has 7 heteroatoms. The first-order valence-electron chi connectivity index (χ1n) is 5.99. The first-order valence-corrected chi connectivity index (χ1v) is 7.16. The second-order valence-electron chi connectivity index (χ2n) is 4.05. The summed E-state index contributed by atoms with van der Waals surface area (Å²) < 4.78 is 10.3. The van der Waals surface area contributed by atoms with Crippen LogP contribution in [0.3, 0.4) is 0 Å². The number of hydrogen-bond acceptors (Lipinski definition) is 4. The average molecular weight is 373 g/mol. The fourth-order valence-electron chi connectivity index (χ4n) is 1.51. The summed E-state index contributed by atoms with van der Waals surface area (Å²) in [5.41, 5.74) is 0.786. The van der Waals surface area contributed by atoms with Crippen LogP contribution in [0.25, 0.3) is 0 Å². The molecule has 1 aromatic heterocycles. The van der Waals surface area contributed by atoms with E-state index in [4.69, 9.17) is 20.8 Å². The van der Waals surface area contributed by atoms with Gasteiger partial charge in [-0.05, 0) is 39.7 Å². The molecule has 0 spiro atoms. The summed E-state index contributed by atoms with van der Waals surface area (Å²) in [6.07, 6.45) is 0. The van der Waals surface area contributed by atoms with Gasteiger partial charge in [-0.3, -0.25) is 4.79 Å². The third-order valence-corrected chi connectivity index (χ3v) is 3.34. The largest absolute Gasteiger partial charge is 0.450 e. The van der Waals surface area contributed by atoms with Crippen LogP contribution in [0.4, 0.5) is 0 Å². The molecule has 0 fully saturated rings.